The normalized spacial score (nSPS) is 45.4. The molecule has 3 heteroatoms. The molecule has 17 heavy (non-hydrogen) atoms. The number of morpholine rings is 1. The fourth-order valence-corrected chi connectivity index (χ4v) is 4.09. The van der Waals surface area contributed by atoms with Crippen LogP contribution >= 0.6 is 0 Å². The van der Waals surface area contributed by atoms with E-state index in [4.69, 9.17) is 4.74 Å². The maximum absolute atomic E-state index is 6.29. The molecular weight excluding hydrogens is 212 g/mol. The Morgan fingerprint density at radius 2 is 2.00 bits per heavy atom. The zero-order valence-corrected chi connectivity index (χ0v) is 11.0. The third-order valence-electron chi connectivity index (χ3n) is 4.88. The predicted molar refractivity (Wildman–Crippen MR) is 69.2 cm³/mol. The second-order valence-corrected chi connectivity index (χ2v) is 6.11. The summed E-state index contributed by atoms with van der Waals surface area (Å²) in [7, 11) is 0. The minimum absolute atomic E-state index is 0.157. The van der Waals surface area contributed by atoms with Crippen LogP contribution < -0.4 is 10.6 Å². The summed E-state index contributed by atoms with van der Waals surface area (Å²) in [5.41, 5.74) is 0.157. The van der Waals surface area contributed by atoms with Crippen LogP contribution in [-0.2, 0) is 4.74 Å². The van der Waals surface area contributed by atoms with E-state index in [1.807, 2.05) is 0 Å². The smallest absolute Gasteiger partial charge is 0.0864 e. The van der Waals surface area contributed by atoms with Crippen molar-refractivity contribution in [3.8, 4) is 0 Å². The molecule has 0 saturated carbocycles. The second kappa shape index (κ2) is 4.87. The molecule has 3 fully saturated rings. The van der Waals surface area contributed by atoms with Crippen LogP contribution in [0, 0.1) is 0 Å². The average molecular weight is 238 g/mol. The van der Waals surface area contributed by atoms with Gasteiger partial charge in [0, 0.05) is 24.7 Å². The fraction of sp³-hybridized carbons (Fsp3) is 1.00. The SMILES string of the molecule is CCCCC1NCCOC12CC1CCC(C2)N1. The molecule has 3 saturated heterocycles. The number of piperidine rings is 1. The van der Waals surface area contributed by atoms with E-state index in [2.05, 4.69) is 17.6 Å². The molecule has 3 atom stereocenters. The van der Waals surface area contributed by atoms with E-state index >= 15 is 0 Å². The minimum Gasteiger partial charge on any atom is -0.372 e. The van der Waals surface area contributed by atoms with Gasteiger partial charge in [-0.25, -0.2) is 0 Å². The highest BCUT2D eigenvalue weighted by Crippen LogP contribution is 2.41. The molecule has 3 aliphatic heterocycles. The van der Waals surface area contributed by atoms with Crippen molar-refractivity contribution in [2.45, 2.75) is 75.6 Å². The van der Waals surface area contributed by atoms with Gasteiger partial charge in [0.1, 0.15) is 0 Å². The zero-order valence-electron chi connectivity index (χ0n) is 11.0. The standard InChI is InChI=1S/C14H26N2O/c1-2-3-4-13-14(17-8-7-15-13)9-11-5-6-12(10-14)16-11/h11-13,15-16H,2-10H2,1H3. The Hall–Kier alpha value is -0.120. The largest absolute Gasteiger partial charge is 0.372 e. The number of fused-ring (bicyclic) bond motifs is 2. The lowest BCUT2D eigenvalue weighted by atomic mass is 9.78. The lowest BCUT2D eigenvalue weighted by Crippen LogP contribution is -2.63. The van der Waals surface area contributed by atoms with E-state index in [-0.39, 0.29) is 5.60 Å². The van der Waals surface area contributed by atoms with Crippen molar-refractivity contribution in [3.05, 3.63) is 0 Å². The molecule has 3 unspecified atom stereocenters. The number of unbranched alkanes of at least 4 members (excludes halogenated alkanes) is 1. The Labute approximate surface area is 105 Å². The lowest BCUT2D eigenvalue weighted by Gasteiger charge is -2.49. The van der Waals surface area contributed by atoms with E-state index in [1.54, 1.807) is 0 Å². The maximum atomic E-state index is 6.29. The highest BCUT2D eigenvalue weighted by Gasteiger charge is 2.49. The minimum atomic E-state index is 0.157. The van der Waals surface area contributed by atoms with Gasteiger partial charge in [0.25, 0.3) is 0 Å². The topological polar surface area (TPSA) is 33.3 Å². The lowest BCUT2D eigenvalue weighted by molar-refractivity contribution is -0.124. The van der Waals surface area contributed by atoms with Crippen LogP contribution in [0.25, 0.3) is 0 Å². The molecular formula is C14H26N2O. The van der Waals surface area contributed by atoms with E-state index in [0.717, 1.165) is 25.2 Å². The molecule has 3 aliphatic rings. The van der Waals surface area contributed by atoms with Crippen LogP contribution in [-0.4, -0.2) is 36.9 Å². The van der Waals surface area contributed by atoms with Gasteiger partial charge in [0.15, 0.2) is 0 Å². The molecule has 0 aliphatic carbocycles. The van der Waals surface area contributed by atoms with E-state index in [0.29, 0.717) is 6.04 Å². The van der Waals surface area contributed by atoms with Gasteiger partial charge in [-0.05, 0) is 32.1 Å². The first kappa shape index (κ1) is 11.9. The van der Waals surface area contributed by atoms with Gasteiger partial charge in [-0.15, -0.1) is 0 Å². The molecule has 0 radical (unpaired) electrons. The number of ether oxygens (including phenoxy) is 1. The van der Waals surface area contributed by atoms with Gasteiger partial charge in [-0.1, -0.05) is 19.8 Å². The summed E-state index contributed by atoms with van der Waals surface area (Å²) in [6.45, 7) is 4.23. The van der Waals surface area contributed by atoms with Gasteiger partial charge >= 0.3 is 0 Å². The summed E-state index contributed by atoms with van der Waals surface area (Å²) in [4.78, 5) is 0. The molecule has 2 bridgehead atoms. The number of nitrogens with one attached hydrogen (secondary N) is 2. The van der Waals surface area contributed by atoms with Gasteiger partial charge < -0.3 is 15.4 Å². The molecule has 98 valence electrons. The molecule has 3 rings (SSSR count). The molecule has 0 aromatic heterocycles. The highest BCUT2D eigenvalue weighted by molar-refractivity contribution is 5.07. The quantitative estimate of drug-likeness (QED) is 0.787. The van der Waals surface area contributed by atoms with Crippen molar-refractivity contribution in [3.63, 3.8) is 0 Å². The first-order chi connectivity index (χ1) is 8.32. The van der Waals surface area contributed by atoms with Gasteiger partial charge in [0.05, 0.1) is 12.2 Å². The van der Waals surface area contributed by atoms with Crippen molar-refractivity contribution >= 4 is 0 Å². The molecule has 3 heterocycles. The van der Waals surface area contributed by atoms with Crippen molar-refractivity contribution < 1.29 is 4.74 Å². The summed E-state index contributed by atoms with van der Waals surface area (Å²) >= 11 is 0. The summed E-state index contributed by atoms with van der Waals surface area (Å²) in [6.07, 6.45) is 9.07. The maximum Gasteiger partial charge on any atom is 0.0864 e. The van der Waals surface area contributed by atoms with Gasteiger partial charge in [-0.2, -0.15) is 0 Å². The predicted octanol–water partition coefficient (Wildman–Crippen LogP) is 1.82. The van der Waals surface area contributed by atoms with Crippen LogP contribution in [0.4, 0.5) is 0 Å². The Morgan fingerprint density at radius 1 is 1.24 bits per heavy atom. The Bertz CT molecular complexity index is 257. The molecule has 0 aromatic rings. The number of rotatable bonds is 3. The monoisotopic (exact) mass is 238 g/mol. The van der Waals surface area contributed by atoms with Crippen molar-refractivity contribution in [2.75, 3.05) is 13.2 Å². The molecule has 0 amide bonds. The van der Waals surface area contributed by atoms with Crippen molar-refractivity contribution in [1.82, 2.24) is 10.6 Å². The van der Waals surface area contributed by atoms with Crippen molar-refractivity contribution in [1.29, 1.82) is 0 Å². The van der Waals surface area contributed by atoms with Crippen LogP contribution in [0.3, 0.4) is 0 Å². The Morgan fingerprint density at radius 3 is 2.71 bits per heavy atom. The Kier molecular flexibility index (Phi) is 3.42. The van der Waals surface area contributed by atoms with Gasteiger partial charge in [-0.3, -0.25) is 0 Å². The average Bonchev–Trinajstić information content (AvgIpc) is 2.68. The summed E-state index contributed by atoms with van der Waals surface area (Å²) in [6, 6.07) is 2.04. The van der Waals surface area contributed by atoms with Crippen molar-refractivity contribution in [2.24, 2.45) is 0 Å². The first-order valence-corrected chi connectivity index (χ1v) is 7.46. The summed E-state index contributed by atoms with van der Waals surface area (Å²) < 4.78 is 6.29. The number of hydrogen-bond acceptors (Lipinski definition) is 3. The van der Waals surface area contributed by atoms with Gasteiger partial charge in [0.2, 0.25) is 0 Å². The van der Waals surface area contributed by atoms with Crippen LogP contribution in [0.5, 0.6) is 0 Å². The highest BCUT2D eigenvalue weighted by atomic mass is 16.5. The third-order valence-corrected chi connectivity index (χ3v) is 4.88. The Balaban J connectivity index is 1.72. The zero-order chi connectivity index (χ0) is 11.7. The van der Waals surface area contributed by atoms with E-state index in [1.165, 1.54) is 44.9 Å². The molecule has 3 nitrogen and oxygen atoms in total. The van der Waals surface area contributed by atoms with Crippen LogP contribution in [0.2, 0.25) is 0 Å². The van der Waals surface area contributed by atoms with Crippen LogP contribution in [0.15, 0.2) is 0 Å². The third kappa shape index (κ3) is 2.25. The van der Waals surface area contributed by atoms with E-state index in [9.17, 15) is 0 Å². The molecule has 0 aromatic carbocycles. The number of hydrogen-bond donors (Lipinski definition) is 2. The molecule has 2 N–H and O–H groups in total. The molecule has 1 spiro atoms. The summed E-state index contributed by atoms with van der Waals surface area (Å²) in [5, 5.41) is 7.46. The fourth-order valence-electron chi connectivity index (χ4n) is 4.09. The second-order valence-electron chi connectivity index (χ2n) is 6.11. The van der Waals surface area contributed by atoms with Crippen LogP contribution in [0.1, 0.15) is 51.9 Å². The first-order valence-electron chi connectivity index (χ1n) is 7.46. The summed E-state index contributed by atoms with van der Waals surface area (Å²) in [5.74, 6) is 0. The van der Waals surface area contributed by atoms with E-state index < -0.39 is 0 Å².